The summed E-state index contributed by atoms with van der Waals surface area (Å²) in [4.78, 5) is 27.3. The van der Waals surface area contributed by atoms with Crippen molar-refractivity contribution in [2.75, 3.05) is 14.2 Å². The minimum atomic E-state index is -0.706. The van der Waals surface area contributed by atoms with E-state index < -0.39 is 11.9 Å². The number of oxazole rings is 1. The normalized spacial score (nSPS) is 27.8. The molecule has 0 N–H and O–H groups in total. The first kappa shape index (κ1) is 12.2. The highest BCUT2D eigenvalue weighted by molar-refractivity contribution is 5.99. The van der Waals surface area contributed by atoms with Crippen LogP contribution < -0.4 is 0 Å². The Morgan fingerprint density at radius 3 is 2.32 bits per heavy atom. The van der Waals surface area contributed by atoms with Crippen LogP contribution in [0.3, 0.4) is 0 Å². The van der Waals surface area contributed by atoms with E-state index in [1.165, 1.54) is 20.6 Å². The van der Waals surface area contributed by atoms with Crippen LogP contribution in [-0.4, -0.2) is 31.1 Å². The fourth-order valence-corrected chi connectivity index (χ4v) is 2.89. The Morgan fingerprint density at radius 1 is 1.11 bits per heavy atom. The van der Waals surface area contributed by atoms with Crippen LogP contribution in [0.2, 0.25) is 0 Å². The number of nitrogens with zero attached hydrogens (tertiary/aromatic N) is 1. The number of rotatable bonds is 3. The quantitative estimate of drug-likeness (QED) is 0.775. The lowest BCUT2D eigenvalue weighted by atomic mass is 10.0. The number of hydrogen-bond donors (Lipinski definition) is 0. The predicted molar refractivity (Wildman–Crippen MR) is 62.8 cm³/mol. The Balaban J connectivity index is 1.91. The largest absolute Gasteiger partial charge is 0.464 e. The van der Waals surface area contributed by atoms with Crippen LogP contribution in [0.5, 0.6) is 0 Å². The van der Waals surface area contributed by atoms with Gasteiger partial charge < -0.3 is 13.9 Å². The van der Waals surface area contributed by atoms with Crippen LogP contribution in [0, 0.1) is 11.8 Å². The van der Waals surface area contributed by atoms with Crippen LogP contribution in [-0.2, 0) is 9.47 Å². The van der Waals surface area contributed by atoms with Crippen molar-refractivity contribution < 1.29 is 23.5 Å². The van der Waals surface area contributed by atoms with Crippen LogP contribution in [0.1, 0.15) is 52.1 Å². The van der Waals surface area contributed by atoms with Gasteiger partial charge in [0.25, 0.3) is 0 Å². The summed E-state index contributed by atoms with van der Waals surface area (Å²) in [6.07, 6.45) is 3.32. The van der Waals surface area contributed by atoms with E-state index in [2.05, 4.69) is 14.5 Å². The van der Waals surface area contributed by atoms with Gasteiger partial charge >= 0.3 is 11.9 Å². The van der Waals surface area contributed by atoms with Crippen molar-refractivity contribution in [1.29, 1.82) is 0 Å². The summed E-state index contributed by atoms with van der Waals surface area (Å²) in [5.74, 6) is 0.629. The van der Waals surface area contributed by atoms with Gasteiger partial charge in [-0.25, -0.2) is 14.6 Å². The van der Waals surface area contributed by atoms with Crippen molar-refractivity contribution in [3.05, 3.63) is 17.3 Å². The molecule has 2 atom stereocenters. The van der Waals surface area contributed by atoms with E-state index in [4.69, 9.17) is 4.42 Å². The molecule has 1 aromatic rings. The molecule has 3 rings (SSSR count). The number of hydrogen-bond acceptors (Lipinski definition) is 6. The second-order valence-electron chi connectivity index (χ2n) is 5.14. The monoisotopic (exact) mass is 265 g/mol. The summed E-state index contributed by atoms with van der Waals surface area (Å²) in [6, 6.07) is 0. The molecule has 1 heterocycles. The average Bonchev–Trinajstić information content (AvgIpc) is 2.88. The molecule has 2 aliphatic carbocycles. The first-order valence-corrected chi connectivity index (χ1v) is 6.31. The van der Waals surface area contributed by atoms with E-state index in [1.54, 1.807) is 0 Å². The average molecular weight is 265 g/mol. The van der Waals surface area contributed by atoms with Crippen LogP contribution in [0.15, 0.2) is 4.42 Å². The van der Waals surface area contributed by atoms with Gasteiger partial charge in [0.15, 0.2) is 5.89 Å². The molecule has 0 saturated heterocycles. The number of esters is 2. The molecule has 0 amide bonds. The zero-order chi connectivity index (χ0) is 13.6. The Labute approximate surface area is 110 Å². The molecule has 102 valence electrons. The van der Waals surface area contributed by atoms with Gasteiger partial charge in [-0.1, -0.05) is 0 Å². The fraction of sp³-hybridized carbons (Fsp3) is 0.615. The molecular formula is C13H15NO5. The molecule has 0 aliphatic heterocycles. The van der Waals surface area contributed by atoms with E-state index in [1.807, 2.05) is 0 Å². The third kappa shape index (κ3) is 2.01. The van der Waals surface area contributed by atoms with Gasteiger partial charge in [-0.15, -0.1) is 0 Å². The van der Waals surface area contributed by atoms with Gasteiger partial charge in [0, 0.05) is 5.92 Å². The standard InChI is InChI=1S/C13H15NO5/c1-17-12(15)9-10(13(16)18-2)19-11(14-9)8-4-6-3-7(6)5-8/h6-8H,3-5H2,1-2H3. The number of carbonyl (C=O) groups excluding carboxylic acids is 2. The van der Waals surface area contributed by atoms with Gasteiger partial charge in [0.2, 0.25) is 11.5 Å². The summed E-state index contributed by atoms with van der Waals surface area (Å²) in [7, 11) is 2.47. The Hall–Kier alpha value is -1.85. The number of carbonyl (C=O) groups is 2. The summed E-state index contributed by atoms with van der Waals surface area (Å²) < 4.78 is 14.7. The maximum Gasteiger partial charge on any atom is 0.376 e. The second kappa shape index (κ2) is 4.36. The molecule has 2 aliphatic rings. The molecule has 0 radical (unpaired) electrons. The molecule has 0 aromatic carbocycles. The number of ether oxygens (including phenoxy) is 2. The van der Waals surface area contributed by atoms with E-state index in [-0.39, 0.29) is 17.4 Å². The molecule has 0 spiro atoms. The summed E-state index contributed by atoms with van der Waals surface area (Å²) >= 11 is 0. The van der Waals surface area contributed by atoms with Crippen molar-refractivity contribution in [3.63, 3.8) is 0 Å². The maximum absolute atomic E-state index is 11.6. The molecule has 2 unspecified atom stereocenters. The maximum atomic E-state index is 11.6. The summed E-state index contributed by atoms with van der Waals surface area (Å²) in [6.45, 7) is 0. The molecule has 6 heteroatoms. The molecule has 6 nitrogen and oxygen atoms in total. The van der Waals surface area contributed by atoms with Gasteiger partial charge in [-0.3, -0.25) is 0 Å². The minimum absolute atomic E-state index is 0.0927. The molecule has 2 saturated carbocycles. The third-order valence-electron chi connectivity index (χ3n) is 3.99. The highest BCUT2D eigenvalue weighted by Gasteiger charge is 2.48. The summed E-state index contributed by atoms with van der Waals surface area (Å²) in [5, 5.41) is 0. The molecule has 1 aromatic heterocycles. The number of aromatic nitrogens is 1. The van der Waals surface area contributed by atoms with Gasteiger partial charge in [0.1, 0.15) is 0 Å². The highest BCUT2D eigenvalue weighted by Crippen LogP contribution is 2.57. The highest BCUT2D eigenvalue weighted by atomic mass is 16.5. The SMILES string of the molecule is COC(=O)c1nc(C2CC3CC3C2)oc1C(=O)OC. The molecule has 19 heavy (non-hydrogen) atoms. The fourth-order valence-electron chi connectivity index (χ4n) is 2.89. The van der Waals surface area contributed by atoms with Crippen molar-refractivity contribution in [3.8, 4) is 0 Å². The van der Waals surface area contributed by atoms with Crippen LogP contribution in [0.25, 0.3) is 0 Å². The van der Waals surface area contributed by atoms with Crippen molar-refractivity contribution in [1.82, 2.24) is 4.98 Å². The summed E-state index contributed by atoms with van der Waals surface area (Å²) in [5.41, 5.74) is -0.0927. The molecular weight excluding hydrogens is 250 g/mol. The zero-order valence-electron chi connectivity index (χ0n) is 10.8. The molecule has 0 bridgehead atoms. The first-order chi connectivity index (χ1) is 9.13. The van der Waals surface area contributed by atoms with Crippen molar-refractivity contribution in [2.45, 2.75) is 25.2 Å². The van der Waals surface area contributed by atoms with Gasteiger partial charge in [-0.05, 0) is 31.1 Å². The van der Waals surface area contributed by atoms with E-state index in [9.17, 15) is 9.59 Å². The lowest BCUT2D eigenvalue weighted by molar-refractivity contribution is 0.0525. The predicted octanol–water partition coefficient (Wildman–Crippen LogP) is 1.76. The minimum Gasteiger partial charge on any atom is -0.464 e. The Kier molecular flexibility index (Phi) is 2.80. The Morgan fingerprint density at radius 2 is 1.74 bits per heavy atom. The smallest absolute Gasteiger partial charge is 0.376 e. The van der Waals surface area contributed by atoms with Crippen LogP contribution >= 0.6 is 0 Å². The molecule has 2 fully saturated rings. The first-order valence-electron chi connectivity index (χ1n) is 6.31. The zero-order valence-corrected chi connectivity index (χ0v) is 10.8. The van der Waals surface area contributed by atoms with Crippen LogP contribution in [0.4, 0.5) is 0 Å². The van der Waals surface area contributed by atoms with E-state index in [0.29, 0.717) is 5.89 Å². The van der Waals surface area contributed by atoms with Crippen molar-refractivity contribution in [2.24, 2.45) is 11.8 Å². The lowest BCUT2D eigenvalue weighted by Crippen LogP contribution is -2.10. The number of methoxy groups -OCH3 is 2. The Bertz CT molecular complexity index is 492. The van der Waals surface area contributed by atoms with E-state index >= 15 is 0 Å². The van der Waals surface area contributed by atoms with Gasteiger partial charge in [0.05, 0.1) is 14.2 Å². The number of fused-ring (bicyclic) bond motifs is 1. The van der Waals surface area contributed by atoms with Gasteiger partial charge in [-0.2, -0.15) is 0 Å². The third-order valence-corrected chi connectivity index (χ3v) is 3.99. The van der Waals surface area contributed by atoms with Crippen molar-refractivity contribution >= 4 is 11.9 Å². The van der Waals surface area contributed by atoms with E-state index in [0.717, 1.165) is 24.7 Å². The second-order valence-corrected chi connectivity index (χ2v) is 5.14. The topological polar surface area (TPSA) is 78.6 Å². The lowest BCUT2D eigenvalue weighted by Gasteiger charge is -2.05.